The smallest absolute Gasteiger partial charge is 0.0245 e. The predicted molar refractivity (Wildman–Crippen MR) is 66.8 cm³/mol. The van der Waals surface area contributed by atoms with E-state index in [1.165, 1.54) is 24.8 Å². The predicted octanol–water partition coefficient (Wildman–Crippen LogP) is 4.18. The standard InChI is InChI=1S/C15H20/c1-3-5-6-7-8-9-15-12-10-14(4-2)11-13-15/h10-13H,3-7H2,1-2H3. The van der Waals surface area contributed by atoms with Gasteiger partial charge in [0.2, 0.25) is 0 Å². The lowest BCUT2D eigenvalue weighted by molar-refractivity contribution is 0.737. The first kappa shape index (κ1) is 11.9. The SMILES string of the molecule is CCCCCC#Cc1ccc(CC)cc1. The third-order valence-electron chi connectivity index (χ3n) is 2.50. The normalized spacial score (nSPS) is 9.47. The third kappa shape index (κ3) is 4.70. The molecule has 0 heteroatoms. The minimum absolute atomic E-state index is 1.03. The van der Waals surface area contributed by atoms with Crippen LogP contribution in [0.2, 0.25) is 0 Å². The van der Waals surface area contributed by atoms with E-state index in [1.54, 1.807) is 0 Å². The van der Waals surface area contributed by atoms with Crippen molar-refractivity contribution >= 4 is 0 Å². The van der Waals surface area contributed by atoms with Crippen LogP contribution in [0.4, 0.5) is 0 Å². The second-order valence-electron chi connectivity index (χ2n) is 3.81. The third-order valence-corrected chi connectivity index (χ3v) is 2.50. The Morgan fingerprint density at radius 1 is 1.00 bits per heavy atom. The highest BCUT2D eigenvalue weighted by atomic mass is 13.9. The Labute approximate surface area is 93.7 Å². The molecule has 80 valence electrons. The molecule has 0 heterocycles. The second-order valence-corrected chi connectivity index (χ2v) is 3.81. The van der Waals surface area contributed by atoms with Crippen molar-refractivity contribution < 1.29 is 0 Å². The molecule has 0 spiro atoms. The fourth-order valence-electron chi connectivity index (χ4n) is 1.45. The largest absolute Gasteiger partial charge is 0.0979 e. The molecule has 0 aliphatic carbocycles. The molecule has 0 radical (unpaired) electrons. The highest BCUT2D eigenvalue weighted by molar-refractivity contribution is 5.36. The van der Waals surface area contributed by atoms with Crippen molar-refractivity contribution in [1.29, 1.82) is 0 Å². The summed E-state index contributed by atoms with van der Waals surface area (Å²) in [6.07, 6.45) is 5.93. The van der Waals surface area contributed by atoms with Gasteiger partial charge in [-0.15, -0.1) is 0 Å². The van der Waals surface area contributed by atoms with Gasteiger partial charge in [-0.25, -0.2) is 0 Å². The van der Waals surface area contributed by atoms with Crippen LogP contribution in [0.5, 0.6) is 0 Å². The summed E-state index contributed by atoms with van der Waals surface area (Å²) in [5.41, 5.74) is 2.52. The summed E-state index contributed by atoms with van der Waals surface area (Å²) in [4.78, 5) is 0. The zero-order chi connectivity index (χ0) is 10.9. The summed E-state index contributed by atoms with van der Waals surface area (Å²) >= 11 is 0. The van der Waals surface area contributed by atoms with Gasteiger partial charge in [-0.2, -0.15) is 0 Å². The van der Waals surface area contributed by atoms with E-state index in [0.29, 0.717) is 0 Å². The first-order valence-corrected chi connectivity index (χ1v) is 5.94. The zero-order valence-corrected chi connectivity index (χ0v) is 9.84. The van der Waals surface area contributed by atoms with Crippen LogP contribution in [0.25, 0.3) is 0 Å². The number of benzene rings is 1. The van der Waals surface area contributed by atoms with Crippen LogP contribution in [-0.4, -0.2) is 0 Å². The van der Waals surface area contributed by atoms with Crippen molar-refractivity contribution in [3.05, 3.63) is 35.4 Å². The van der Waals surface area contributed by atoms with E-state index >= 15 is 0 Å². The van der Waals surface area contributed by atoms with Crippen molar-refractivity contribution in [2.24, 2.45) is 0 Å². The quantitative estimate of drug-likeness (QED) is 0.505. The first-order valence-electron chi connectivity index (χ1n) is 5.94. The molecule has 15 heavy (non-hydrogen) atoms. The summed E-state index contributed by atoms with van der Waals surface area (Å²) in [5, 5.41) is 0. The Bertz CT molecular complexity index is 321. The fourth-order valence-corrected chi connectivity index (χ4v) is 1.45. The summed E-state index contributed by atoms with van der Waals surface area (Å²) in [6.45, 7) is 4.39. The maximum atomic E-state index is 3.22. The van der Waals surface area contributed by atoms with E-state index in [-0.39, 0.29) is 0 Å². The van der Waals surface area contributed by atoms with Gasteiger partial charge in [0, 0.05) is 12.0 Å². The zero-order valence-electron chi connectivity index (χ0n) is 9.84. The Morgan fingerprint density at radius 2 is 1.73 bits per heavy atom. The number of hydrogen-bond donors (Lipinski definition) is 0. The van der Waals surface area contributed by atoms with Gasteiger partial charge in [-0.3, -0.25) is 0 Å². The molecular weight excluding hydrogens is 180 g/mol. The van der Waals surface area contributed by atoms with Crippen LogP contribution >= 0.6 is 0 Å². The highest BCUT2D eigenvalue weighted by Gasteiger charge is 1.88. The molecule has 0 atom stereocenters. The Morgan fingerprint density at radius 3 is 2.33 bits per heavy atom. The molecule has 1 aromatic rings. The van der Waals surface area contributed by atoms with Crippen LogP contribution in [0.3, 0.4) is 0 Å². The Balaban J connectivity index is 2.42. The summed E-state index contributed by atoms with van der Waals surface area (Å²) in [5.74, 6) is 6.43. The van der Waals surface area contributed by atoms with Gasteiger partial charge in [0.25, 0.3) is 0 Å². The first-order chi connectivity index (χ1) is 7.36. The number of unbranched alkanes of at least 4 members (excludes halogenated alkanes) is 3. The molecule has 0 fully saturated rings. The highest BCUT2D eigenvalue weighted by Crippen LogP contribution is 2.04. The van der Waals surface area contributed by atoms with E-state index in [0.717, 1.165) is 18.4 Å². The van der Waals surface area contributed by atoms with Crippen LogP contribution in [0, 0.1) is 11.8 Å². The molecule has 0 aromatic heterocycles. The average molecular weight is 200 g/mol. The van der Waals surface area contributed by atoms with E-state index in [4.69, 9.17) is 0 Å². The molecule has 1 rings (SSSR count). The monoisotopic (exact) mass is 200 g/mol. The van der Waals surface area contributed by atoms with Crippen molar-refractivity contribution in [2.45, 2.75) is 46.0 Å². The van der Waals surface area contributed by atoms with Crippen LogP contribution < -0.4 is 0 Å². The van der Waals surface area contributed by atoms with Gasteiger partial charge in [0.05, 0.1) is 0 Å². The van der Waals surface area contributed by atoms with Crippen LogP contribution in [0.15, 0.2) is 24.3 Å². The second kappa shape index (κ2) is 7.12. The molecule has 0 saturated heterocycles. The molecule has 1 aromatic carbocycles. The summed E-state index contributed by atoms with van der Waals surface area (Å²) in [7, 11) is 0. The van der Waals surface area contributed by atoms with E-state index in [2.05, 4.69) is 50.0 Å². The molecule has 0 aliphatic rings. The van der Waals surface area contributed by atoms with Gasteiger partial charge >= 0.3 is 0 Å². The molecule has 0 unspecified atom stereocenters. The number of rotatable bonds is 4. The Hall–Kier alpha value is -1.22. The van der Waals surface area contributed by atoms with Crippen molar-refractivity contribution in [1.82, 2.24) is 0 Å². The lowest BCUT2D eigenvalue weighted by atomic mass is 10.1. The van der Waals surface area contributed by atoms with Gasteiger partial charge in [-0.1, -0.05) is 50.7 Å². The van der Waals surface area contributed by atoms with E-state index in [1.807, 2.05) is 0 Å². The van der Waals surface area contributed by atoms with Crippen molar-refractivity contribution in [3.8, 4) is 11.8 Å². The minimum Gasteiger partial charge on any atom is -0.0979 e. The lowest BCUT2D eigenvalue weighted by Gasteiger charge is -1.95. The topological polar surface area (TPSA) is 0 Å². The molecular formula is C15H20. The molecule has 0 amide bonds. The average Bonchev–Trinajstić information content (AvgIpc) is 2.30. The van der Waals surface area contributed by atoms with E-state index in [9.17, 15) is 0 Å². The molecule has 0 bridgehead atoms. The minimum atomic E-state index is 1.03. The number of hydrogen-bond acceptors (Lipinski definition) is 0. The molecule has 0 aliphatic heterocycles. The van der Waals surface area contributed by atoms with Crippen molar-refractivity contribution in [2.75, 3.05) is 0 Å². The van der Waals surface area contributed by atoms with Gasteiger partial charge < -0.3 is 0 Å². The maximum absolute atomic E-state index is 3.22. The fraction of sp³-hybridized carbons (Fsp3) is 0.467. The van der Waals surface area contributed by atoms with Gasteiger partial charge in [0.15, 0.2) is 0 Å². The maximum Gasteiger partial charge on any atom is 0.0245 e. The number of aryl methyl sites for hydroxylation is 1. The lowest BCUT2D eigenvalue weighted by Crippen LogP contribution is -1.80. The van der Waals surface area contributed by atoms with Crippen molar-refractivity contribution in [3.63, 3.8) is 0 Å². The van der Waals surface area contributed by atoms with Crippen LogP contribution in [0.1, 0.15) is 50.7 Å². The molecule has 0 N–H and O–H groups in total. The summed E-state index contributed by atoms with van der Waals surface area (Å²) in [6, 6.07) is 8.56. The van der Waals surface area contributed by atoms with Gasteiger partial charge in [0.1, 0.15) is 0 Å². The Kier molecular flexibility index (Phi) is 5.63. The van der Waals surface area contributed by atoms with E-state index < -0.39 is 0 Å². The summed E-state index contributed by atoms with van der Waals surface area (Å²) < 4.78 is 0. The van der Waals surface area contributed by atoms with Gasteiger partial charge in [-0.05, 0) is 30.5 Å². The molecule has 0 saturated carbocycles. The van der Waals surface area contributed by atoms with Crippen LogP contribution in [-0.2, 0) is 6.42 Å². The molecule has 0 nitrogen and oxygen atoms in total.